The normalized spacial score (nSPS) is 8.35. The molecule has 0 aliphatic rings. The third-order valence-electron chi connectivity index (χ3n) is 3.68. The first kappa shape index (κ1) is 23.1. The van der Waals surface area contributed by atoms with Gasteiger partial charge in [0.05, 0.1) is 5.88 Å². The number of ether oxygens (including phenoxy) is 3. The highest BCUT2D eigenvalue weighted by Crippen LogP contribution is 2.37. The quantitative estimate of drug-likeness (QED) is 0.477. The van der Waals surface area contributed by atoms with Crippen molar-refractivity contribution >= 4 is 23.2 Å². The Morgan fingerprint density at radius 1 is 0.645 bits per heavy atom. The van der Waals surface area contributed by atoms with Gasteiger partial charge in [-0.1, -0.05) is 6.07 Å². The number of hydrogen-bond donors (Lipinski definition) is 0. The summed E-state index contributed by atoms with van der Waals surface area (Å²) >= 11 is 12.3. The molecule has 0 saturated heterocycles. The number of terminal acetylenes is 3. The zero-order valence-electron chi connectivity index (χ0n) is 16.0. The van der Waals surface area contributed by atoms with Crippen molar-refractivity contribution in [2.24, 2.45) is 0 Å². The van der Waals surface area contributed by atoms with E-state index in [9.17, 15) is 0 Å². The van der Waals surface area contributed by atoms with Crippen LogP contribution < -0.4 is 14.2 Å². The molecule has 0 saturated carbocycles. The lowest BCUT2D eigenvalue weighted by molar-refractivity contribution is 0.452. The van der Waals surface area contributed by atoms with E-state index in [0.717, 1.165) is 16.7 Å². The fraction of sp³-hybridized carbons (Fsp3) is 0.0769. The first-order chi connectivity index (χ1) is 15.2. The van der Waals surface area contributed by atoms with Gasteiger partial charge in [-0.2, -0.15) is 0 Å². The van der Waals surface area contributed by atoms with Crippen LogP contribution in [0.25, 0.3) is 11.1 Å². The van der Waals surface area contributed by atoms with Gasteiger partial charge in [-0.15, -0.1) is 42.5 Å². The van der Waals surface area contributed by atoms with Gasteiger partial charge in [0.1, 0.15) is 24.1 Å². The first-order valence-electron chi connectivity index (χ1n) is 8.48. The summed E-state index contributed by atoms with van der Waals surface area (Å²) in [6.45, 7) is 0. The second-order valence-electron chi connectivity index (χ2n) is 5.47. The molecular formula is C26H12Cl2O3. The summed E-state index contributed by atoms with van der Waals surface area (Å²) in [5.74, 6) is 15.1. The number of hydrogen-bond acceptors (Lipinski definition) is 3. The van der Waals surface area contributed by atoms with E-state index in [-0.39, 0.29) is 11.8 Å². The molecule has 0 aliphatic heterocycles. The summed E-state index contributed by atoms with van der Waals surface area (Å²) in [7, 11) is 0. The Balaban J connectivity index is 2.58. The lowest BCUT2D eigenvalue weighted by atomic mass is 9.97. The predicted molar refractivity (Wildman–Crippen MR) is 123 cm³/mol. The van der Waals surface area contributed by atoms with Gasteiger partial charge >= 0.3 is 0 Å². The van der Waals surface area contributed by atoms with Crippen LogP contribution in [0.2, 0.25) is 0 Å². The van der Waals surface area contributed by atoms with Crippen molar-refractivity contribution in [1.29, 1.82) is 0 Å². The summed E-state index contributed by atoms with van der Waals surface area (Å²) in [6.07, 6.45) is 22.6. The average molecular weight is 443 g/mol. The maximum atomic E-state index is 6.17. The van der Waals surface area contributed by atoms with Gasteiger partial charge in [-0.25, -0.2) is 0 Å². The van der Waals surface area contributed by atoms with Crippen molar-refractivity contribution < 1.29 is 14.2 Å². The molecule has 0 unspecified atom stereocenters. The third-order valence-corrected chi connectivity index (χ3v) is 4.26. The largest absolute Gasteiger partial charge is 0.406 e. The molecule has 3 nitrogen and oxygen atoms in total. The first-order valence-corrected chi connectivity index (χ1v) is 9.54. The number of rotatable bonds is 6. The van der Waals surface area contributed by atoms with E-state index in [2.05, 4.69) is 53.8 Å². The zero-order chi connectivity index (χ0) is 22.5. The minimum Gasteiger partial charge on any atom is -0.406 e. The lowest BCUT2D eigenvalue weighted by Gasteiger charge is -2.14. The van der Waals surface area contributed by atoms with Gasteiger partial charge in [0.2, 0.25) is 0 Å². The molecule has 5 heteroatoms. The maximum absolute atomic E-state index is 6.17. The van der Waals surface area contributed by atoms with Crippen LogP contribution in [-0.4, -0.2) is 0 Å². The van der Waals surface area contributed by atoms with Crippen molar-refractivity contribution in [3.63, 3.8) is 0 Å². The van der Waals surface area contributed by atoms with Crippen LogP contribution in [0.1, 0.15) is 11.1 Å². The monoisotopic (exact) mass is 442 g/mol. The Bertz CT molecular complexity index is 1290. The Morgan fingerprint density at radius 2 is 1.19 bits per heavy atom. The fourth-order valence-corrected chi connectivity index (χ4v) is 2.85. The molecule has 0 spiro atoms. The van der Waals surface area contributed by atoms with Crippen LogP contribution in [0.4, 0.5) is 0 Å². The molecule has 0 N–H and O–H groups in total. The van der Waals surface area contributed by atoms with Gasteiger partial charge in [0.25, 0.3) is 0 Å². The molecule has 0 amide bonds. The second-order valence-corrected chi connectivity index (χ2v) is 6.00. The van der Waals surface area contributed by atoms with Crippen LogP contribution in [0.15, 0.2) is 30.3 Å². The Labute approximate surface area is 192 Å². The molecule has 31 heavy (non-hydrogen) atoms. The van der Waals surface area contributed by atoms with E-state index in [4.69, 9.17) is 56.7 Å². The minimum absolute atomic E-state index is 0.183. The molecule has 2 aromatic carbocycles. The summed E-state index contributed by atoms with van der Waals surface area (Å²) in [5, 5.41) is 0. The molecule has 0 bridgehead atoms. The summed E-state index contributed by atoms with van der Waals surface area (Å²) in [5.41, 5.74) is 3.04. The zero-order valence-corrected chi connectivity index (χ0v) is 17.5. The molecule has 148 valence electrons. The molecule has 2 rings (SSSR count). The van der Waals surface area contributed by atoms with Gasteiger partial charge < -0.3 is 14.2 Å². The van der Waals surface area contributed by atoms with Gasteiger partial charge in [0, 0.05) is 29.2 Å². The van der Waals surface area contributed by atoms with E-state index in [0.29, 0.717) is 22.8 Å². The Hall–Kier alpha value is -4.22. The summed E-state index contributed by atoms with van der Waals surface area (Å²) in [4.78, 5) is 0. The van der Waals surface area contributed by atoms with Crippen molar-refractivity contribution in [1.82, 2.24) is 0 Å². The standard InChI is InChI=1S/C26H12Cl2O3/c1-4-7-12-29-24-11-10-20(16-26(24)31-14-9-6-3)23-15-22(19-28)25(17-21(23)18-27)30-13-8-5-2/h1-3,10-11,15-17H,18-19H2. The smallest absolute Gasteiger partial charge is 0.184 e. The SMILES string of the molecule is C#CC#COc1cc(CCl)c(-c2ccc(OC#CC#C)c(OC#CC#C)c2)cc1CCl. The highest BCUT2D eigenvalue weighted by atomic mass is 35.5. The van der Waals surface area contributed by atoms with E-state index in [1.54, 1.807) is 24.3 Å². The predicted octanol–water partition coefficient (Wildman–Crippen LogP) is 4.75. The van der Waals surface area contributed by atoms with E-state index in [1.807, 2.05) is 6.07 Å². The third kappa shape index (κ3) is 6.39. The highest BCUT2D eigenvalue weighted by molar-refractivity contribution is 6.18. The van der Waals surface area contributed by atoms with E-state index < -0.39 is 0 Å². The topological polar surface area (TPSA) is 27.7 Å². The average Bonchev–Trinajstić information content (AvgIpc) is 2.80. The molecule has 2 aromatic rings. The molecule has 0 aromatic heterocycles. The number of alkyl halides is 2. The van der Waals surface area contributed by atoms with Crippen LogP contribution in [0.3, 0.4) is 0 Å². The van der Waals surface area contributed by atoms with Crippen molar-refractivity contribution in [3.05, 3.63) is 41.5 Å². The van der Waals surface area contributed by atoms with Gasteiger partial charge in [-0.05, 0) is 58.7 Å². The van der Waals surface area contributed by atoms with Crippen molar-refractivity contribution in [3.8, 4) is 101 Å². The van der Waals surface area contributed by atoms with Crippen LogP contribution in [0.5, 0.6) is 17.2 Å². The van der Waals surface area contributed by atoms with Crippen molar-refractivity contribution in [2.45, 2.75) is 11.8 Å². The number of halogens is 2. The number of benzene rings is 2. The molecule has 0 heterocycles. The second kappa shape index (κ2) is 12.4. The van der Waals surface area contributed by atoms with Crippen LogP contribution >= 0.6 is 23.2 Å². The van der Waals surface area contributed by atoms with E-state index >= 15 is 0 Å². The van der Waals surface area contributed by atoms with Gasteiger partial charge in [0.15, 0.2) is 11.5 Å². The Morgan fingerprint density at radius 3 is 1.74 bits per heavy atom. The lowest BCUT2D eigenvalue weighted by Crippen LogP contribution is -1.96. The molecular weight excluding hydrogens is 431 g/mol. The van der Waals surface area contributed by atoms with Crippen LogP contribution in [-0.2, 0) is 11.8 Å². The fourth-order valence-electron chi connectivity index (χ4n) is 2.42. The summed E-state index contributed by atoms with van der Waals surface area (Å²) < 4.78 is 16.2. The maximum Gasteiger partial charge on any atom is 0.184 e. The Kier molecular flexibility index (Phi) is 9.20. The van der Waals surface area contributed by atoms with E-state index in [1.165, 1.54) is 0 Å². The van der Waals surface area contributed by atoms with Crippen LogP contribution in [0, 0.1) is 73.1 Å². The molecule has 0 aliphatic carbocycles. The minimum atomic E-state index is 0.183. The highest BCUT2D eigenvalue weighted by Gasteiger charge is 2.15. The van der Waals surface area contributed by atoms with Gasteiger partial charge in [-0.3, -0.25) is 0 Å². The molecule has 0 fully saturated rings. The summed E-state index contributed by atoms with van der Waals surface area (Å²) in [6, 6.07) is 8.78. The van der Waals surface area contributed by atoms with Crippen molar-refractivity contribution in [2.75, 3.05) is 0 Å². The molecule has 0 radical (unpaired) electrons. The molecule has 0 atom stereocenters.